The van der Waals surface area contributed by atoms with Gasteiger partial charge in [-0.05, 0) is 32.6 Å². The van der Waals surface area contributed by atoms with Gasteiger partial charge in [0, 0.05) is 0 Å². The summed E-state index contributed by atoms with van der Waals surface area (Å²) in [6, 6.07) is -0.315. The molecule has 0 spiro atoms. The van der Waals surface area contributed by atoms with Gasteiger partial charge in [0.25, 0.3) is 0 Å². The van der Waals surface area contributed by atoms with Crippen molar-refractivity contribution in [3.63, 3.8) is 0 Å². The molecular weight excluding hydrogens is 186 g/mol. The van der Waals surface area contributed by atoms with E-state index in [1.807, 2.05) is 0 Å². The lowest BCUT2D eigenvalue weighted by molar-refractivity contribution is -0.152. The zero-order valence-corrected chi connectivity index (χ0v) is 8.85. The normalized spacial score (nSPS) is 21.1. The molecule has 1 rings (SSSR count). The quantitative estimate of drug-likeness (QED) is 0.541. The lowest BCUT2D eigenvalue weighted by atomic mass is 9.98. The molecule has 76 valence electrons. The van der Waals surface area contributed by atoms with Gasteiger partial charge >= 0.3 is 5.97 Å². The minimum atomic E-state index is -0.315. The predicted octanol–water partition coefficient (Wildman–Crippen LogP) is 1.69. The molecule has 0 saturated heterocycles. The number of carbonyl (C=O) groups excluding carboxylic acids is 1. The van der Waals surface area contributed by atoms with E-state index in [0.717, 1.165) is 12.8 Å². The van der Waals surface area contributed by atoms with E-state index < -0.39 is 0 Å². The molecule has 0 aromatic rings. The van der Waals surface area contributed by atoms with E-state index >= 15 is 0 Å². The average Bonchev–Trinajstić information content (AvgIpc) is 2.18. The first-order valence-corrected chi connectivity index (χ1v) is 5.29. The molecule has 3 nitrogen and oxygen atoms in total. The van der Waals surface area contributed by atoms with Gasteiger partial charge in [0.05, 0.1) is 0 Å². The van der Waals surface area contributed by atoms with Crippen LogP contribution in [-0.2, 0) is 9.53 Å². The van der Waals surface area contributed by atoms with Crippen molar-refractivity contribution in [1.82, 2.24) is 4.72 Å². The second kappa shape index (κ2) is 5.50. The molecule has 1 aliphatic rings. The number of hydrogen-bond donors (Lipinski definition) is 2. The number of hydrogen-bond acceptors (Lipinski definition) is 4. The third kappa shape index (κ3) is 3.56. The number of esters is 1. The van der Waals surface area contributed by atoms with Crippen molar-refractivity contribution in [2.45, 2.75) is 51.2 Å². The van der Waals surface area contributed by atoms with Crippen molar-refractivity contribution in [3.8, 4) is 0 Å². The number of rotatable bonds is 3. The second-order valence-corrected chi connectivity index (χ2v) is 3.81. The van der Waals surface area contributed by atoms with Crippen LogP contribution in [0.4, 0.5) is 0 Å². The summed E-state index contributed by atoms with van der Waals surface area (Å²) in [5.41, 5.74) is 0. The molecule has 1 N–H and O–H groups in total. The van der Waals surface area contributed by atoms with Crippen LogP contribution in [0.2, 0.25) is 0 Å². The number of carbonyl (C=O) groups is 1. The van der Waals surface area contributed by atoms with Gasteiger partial charge in [0.2, 0.25) is 0 Å². The van der Waals surface area contributed by atoms with Crippen LogP contribution in [0, 0.1) is 0 Å². The van der Waals surface area contributed by atoms with Gasteiger partial charge in [0.1, 0.15) is 12.1 Å². The van der Waals surface area contributed by atoms with E-state index in [1.165, 1.54) is 19.3 Å². The summed E-state index contributed by atoms with van der Waals surface area (Å²) in [5.74, 6) is -0.193. The highest BCUT2D eigenvalue weighted by molar-refractivity contribution is 7.78. The molecule has 13 heavy (non-hydrogen) atoms. The van der Waals surface area contributed by atoms with E-state index in [2.05, 4.69) is 17.5 Å². The predicted molar refractivity (Wildman–Crippen MR) is 54.5 cm³/mol. The smallest absolute Gasteiger partial charge is 0.323 e. The van der Waals surface area contributed by atoms with Crippen molar-refractivity contribution in [2.24, 2.45) is 0 Å². The maximum atomic E-state index is 11.3. The van der Waals surface area contributed by atoms with Crippen LogP contribution in [0.1, 0.15) is 39.0 Å². The van der Waals surface area contributed by atoms with E-state index in [-0.39, 0.29) is 18.1 Å². The molecule has 0 aromatic heterocycles. The van der Waals surface area contributed by atoms with E-state index in [0.29, 0.717) is 0 Å². The molecule has 0 aliphatic heterocycles. The molecule has 4 heteroatoms. The van der Waals surface area contributed by atoms with Gasteiger partial charge < -0.3 is 4.74 Å². The molecule has 0 unspecified atom stereocenters. The monoisotopic (exact) mass is 203 g/mol. The van der Waals surface area contributed by atoms with Crippen molar-refractivity contribution in [2.75, 3.05) is 0 Å². The molecule has 0 aromatic carbocycles. The Hall–Kier alpha value is -0.220. The summed E-state index contributed by atoms with van der Waals surface area (Å²) in [6.07, 6.45) is 5.82. The minimum absolute atomic E-state index is 0.144. The van der Waals surface area contributed by atoms with Crippen molar-refractivity contribution < 1.29 is 9.53 Å². The van der Waals surface area contributed by atoms with Gasteiger partial charge in [0.15, 0.2) is 0 Å². The zero-order chi connectivity index (χ0) is 9.68. The lowest BCUT2D eigenvalue weighted by Gasteiger charge is -2.23. The summed E-state index contributed by atoms with van der Waals surface area (Å²) >= 11 is 3.82. The largest absolute Gasteiger partial charge is 0.461 e. The summed E-state index contributed by atoms with van der Waals surface area (Å²) in [4.78, 5) is 11.3. The van der Waals surface area contributed by atoms with E-state index in [4.69, 9.17) is 4.74 Å². The van der Waals surface area contributed by atoms with Gasteiger partial charge in [-0.1, -0.05) is 19.2 Å². The van der Waals surface area contributed by atoms with Crippen LogP contribution in [-0.4, -0.2) is 18.1 Å². The Labute approximate surface area is 84.8 Å². The van der Waals surface area contributed by atoms with Crippen LogP contribution in [0.15, 0.2) is 0 Å². The molecule has 0 radical (unpaired) electrons. The summed E-state index contributed by atoms with van der Waals surface area (Å²) < 4.78 is 7.87. The highest BCUT2D eigenvalue weighted by atomic mass is 32.1. The molecule has 0 amide bonds. The number of thiol groups is 1. The molecule has 1 fully saturated rings. The van der Waals surface area contributed by atoms with Gasteiger partial charge in [-0.2, -0.15) is 0 Å². The Morgan fingerprint density at radius 2 is 2.08 bits per heavy atom. The molecule has 0 heterocycles. The zero-order valence-electron chi connectivity index (χ0n) is 7.95. The summed E-state index contributed by atoms with van der Waals surface area (Å²) in [7, 11) is 0. The van der Waals surface area contributed by atoms with Crippen LogP contribution in [0.3, 0.4) is 0 Å². The fraction of sp³-hybridized carbons (Fsp3) is 0.889. The highest BCUT2D eigenvalue weighted by Crippen LogP contribution is 2.20. The second-order valence-electron chi connectivity index (χ2n) is 3.55. The Bertz CT molecular complexity index is 169. The third-order valence-corrected chi connectivity index (χ3v) is 2.77. The molecular formula is C9H17NO2S. The summed E-state index contributed by atoms with van der Waals surface area (Å²) in [5, 5.41) is 0. The van der Waals surface area contributed by atoms with E-state index in [1.54, 1.807) is 6.92 Å². The first-order chi connectivity index (χ1) is 6.24. The SMILES string of the molecule is C[C@@H](NS)C(=O)OC1CCCCC1. The minimum Gasteiger partial charge on any atom is -0.461 e. The Kier molecular flexibility index (Phi) is 4.59. The number of nitrogens with one attached hydrogen (secondary N) is 1. The average molecular weight is 203 g/mol. The topological polar surface area (TPSA) is 38.3 Å². The van der Waals surface area contributed by atoms with Crippen molar-refractivity contribution >= 4 is 18.8 Å². The van der Waals surface area contributed by atoms with E-state index in [9.17, 15) is 4.79 Å². The van der Waals surface area contributed by atoms with Crippen LogP contribution in [0.5, 0.6) is 0 Å². The lowest BCUT2D eigenvalue weighted by Crippen LogP contribution is -2.33. The maximum Gasteiger partial charge on any atom is 0.323 e. The van der Waals surface area contributed by atoms with Crippen molar-refractivity contribution in [1.29, 1.82) is 0 Å². The standard InChI is InChI=1S/C9H17NO2S/c1-7(10-13)9(11)12-8-5-3-2-4-6-8/h7-8,10,13H,2-6H2,1H3/t7-/m1/s1. The fourth-order valence-electron chi connectivity index (χ4n) is 1.50. The Morgan fingerprint density at radius 1 is 1.46 bits per heavy atom. The van der Waals surface area contributed by atoms with Crippen LogP contribution >= 0.6 is 12.8 Å². The molecule has 1 aliphatic carbocycles. The van der Waals surface area contributed by atoms with Gasteiger partial charge in [-0.15, -0.1) is 0 Å². The van der Waals surface area contributed by atoms with Gasteiger partial charge in [-0.3, -0.25) is 9.52 Å². The fourth-order valence-corrected chi connectivity index (χ4v) is 1.61. The first kappa shape index (κ1) is 10.9. The summed E-state index contributed by atoms with van der Waals surface area (Å²) in [6.45, 7) is 1.75. The molecule has 1 saturated carbocycles. The van der Waals surface area contributed by atoms with Crippen LogP contribution in [0.25, 0.3) is 0 Å². The highest BCUT2D eigenvalue weighted by Gasteiger charge is 2.20. The van der Waals surface area contributed by atoms with Crippen molar-refractivity contribution in [3.05, 3.63) is 0 Å². The third-order valence-electron chi connectivity index (χ3n) is 2.38. The molecule has 0 bridgehead atoms. The molecule has 1 atom stereocenters. The van der Waals surface area contributed by atoms with Gasteiger partial charge in [-0.25, -0.2) is 0 Å². The first-order valence-electron chi connectivity index (χ1n) is 4.84. The Morgan fingerprint density at radius 3 is 2.62 bits per heavy atom. The van der Waals surface area contributed by atoms with Crippen LogP contribution < -0.4 is 4.72 Å². The Balaban J connectivity index is 2.26. The maximum absolute atomic E-state index is 11.3. The number of ether oxygens (including phenoxy) is 1.